The van der Waals surface area contributed by atoms with Gasteiger partial charge in [0.15, 0.2) is 0 Å². The Kier molecular flexibility index (Phi) is 3.22. The zero-order valence-electron chi connectivity index (χ0n) is 10.8. The van der Waals surface area contributed by atoms with Crippen LogP contribution in [0.25, 0.3) is 11.0 Å². The second kappa shape index (κ2) is 5.07. The van der Waals surface area contributed by atoms with Crippen LogP contribution >= 0.6 is 0 Å². The largest absolute Gasteiger partial charge is 0.280 e. The van der Waals surface area contributed by atoms with Crippen LogP contribution in [0.5, 0.6) is 0 Å². The Morgan fingerprint density at radius 3 is 2.64 bits per heavy atom. The van der Waals surface area contributed by atoms with Crippen LogP contribution < -0.4 is 4.72 Å². The molecule has 0 radical (unpaired) electrons. The van der Waals surface area contributed by atoms with E-state index in [-0.39, 0.29) is 16.3 Å². The zero-order chi connectivity index (χ0) is 15.7. The van der Waals surface area contributed by atoms with Gasteiger partial charge in [0.25, 0.3) is 15.7 Å². The summed E-state index contributed by atoms with van der Waals surface area (Å²) in [6.07, 6.45) is 0. The molecule has 3 aromatic rings. The maximum absolute atomic E-state index is 12.3. The number of fused-ring (bicyclic) bond motifs is 1. The molecule has 0 spiro atoms. The van der Waals surface area contributed by atoms with Gasteiger partial charge in [-0.25, -0.2) is 13.0 Å². The third kappa shape index (κ3) is 2.59. The molecule has 0 unspecified atom stereocenters. The SMILES string of the molecule is O=[N+]([O-])c1cccc(S(=O)(=O)Nc2ccc3nonc3c2)c1. The first-order valence-corrected chi connectivity index (χ1v) is 7.44. The highest BCUT2D eigenvalue weighted by atomic mass is 32.2. The molecule has 1 aromatic heterocycles. The number of nitro benzene ring substituents is 1. The predicted octanol–water partition coefficient (Wildman–Crippen LogP) is 1.93. The summed E-state index contributed by atoms with van der Waals surface area (Å²) < 4.78 is 31.4. The van der Waals surface area contributed by atoms with Gasteiger partial charge >= 0.3 is 0 Å². The van der Waals surface area contributed by atoms with Gasteiger partial charge < -0.3 is 0 Å². The molecule has 1 heterocycles. The fraction of sp³-hybridized carbons (Fsp3) is 0. The van der Waals surface area contributed by atoms with Crippen LogP contribution in [-0.2, 0) is 10.0 Å². The van der Waals surface area contributed by atoms with Gasteiger partial charge in [0.1, 0.15) is 11.0 Å². The van der Waals surface area contributed by atoms with Gasteiger partial charge in [0.05, 0.1) is 15.5 Å². The Morgan fingerprint density at radius 2 is 1.86 bits per heavy atom. The predicted molar refractivity (Wildman–Crippen MR) is 75.7 cm³/mol. The normalized spacial score (nSPS) is 11.5. The van der Waals surface area contributed by atoms with Crippen molar-refractivity contribution in [3.05, 3.63) is 52.6 Å². The number of anilines is 1. The Balaban J connectivity index is 1.95. The number of benzene rings is 2. The van der Waals surface area contributed by atoms with Crippen LogP contribution in [0, 0.1) is 10.1 Å². The number of nitrogens with zero attached hydrogens (tertiary/aromatic N) is 3. The maximum atomic E-state index is 12.3. The highest BCUT2D eigenvalue weighted by molar-refractivity contribution is 7.92. The van der Waals surface area contributed by atoms with Crippen LogP contribution in [0.4, 0.5) is 11.4 Å². The standard InChI is InChI=1S/C12H8N4O5S/c17-16(18)9-2-1-3-10(7-9)22(19,20)15-8-4-5-11-12(6-8)14-21-13-11/h1-7,15H. The monoisotopic (exact) mass is 320 g/mol. The Bertz CT molecular complexity index is 966. The van der Waals surface area contributed by atoms with Crippen molar-refractivity contribution in [3.63, 3.8) is 0 Å². The maximum Gasteiger partial charge on any atom is 0.270 e. The van der Waals surface area contributed by atoms with E-state index in [1.165, 1.54) is 36.4 Å². The van der Waals surface area contributed by atoms with Crippen LogP contribution in [0.2, 0.25) is 0 Å². The summed E-state index contributed by atoms with van der Waals surface area (Å²) in [4.78, 5) is 9.85. The second-order valence-electron chi connectivity index (χ2n) is 4.33. The fourth-order valence-corrected chi connectivity index (χ4v) is 2.91. The third-order valence-electron chi connectivity index (χ3n) is 2.84. The van der Waals surface area contributed by atoms with Gasteiger partial charge in [-0.2, -0.15) is 0 Å². The van der Waals surface area contributed by atoms with Crippen LogP contribution in [0.1, 0.15) is 0 Å². The van der Waals surface area contributed by atoms with Crippen LogP contribution in [0.3, 0.4) is 0 Å². The minimum Gasteiger partial charge on any atom is -0.280 e. The number of hydrogen-bond acceptors (Lipinski definition) is 7. The number of sulfonamides is 1. The summed E-state index contributed by atoms with van der Waals surface area (Å²) >= 11 is 0. The van der Waals surface area contributed by atoms with Crippen LogP contribution in [0.15, 0.2) is 52.0 Å². The number of rotatable bonds is 4. The van der Waals surface area contributed by atoms with Crippen molar-refractivity contribution < 1.29 is 18.0 Å². The molecule has 2 aromatic carbocycles. The fourth-order valence-electron chi connectivity index (χ4n) is 1.82. The average molecular weight is 320 g/mol. The van der Waals surface area contributed by atoms with Crippen molar-refractivity contribution in [1.82, 2.24) is 10.3 Å². The van der Waals surface area contributed by atoms with E-state index in [1.807, 2.05) is 0 Å². The number of nitro groups is 1. The Hall–Kier alpha value is -3.01. The molecule has 0 saturated heterocycles. The quantitative estimate of drug-likeness (QED) is 0.574. The van der Waals surface area contributed by atoms with Gasteiger partial charge in [-0.15, -0.1) is 0 Å². The lowest BCUT2D eigenvalue weighted by atomic mass is 10.3. The van der Waals surface area contributed by atoms with E-state index in [9.17, 15) is 18.5 Å². The van der Waals surface area contributed by atoms with Crippen molar-refractivity contribution in [2.75, 3.05) is 4.72 Å². The van der Waals surface area contributed by atoms with E-state index in [1.54, 1.807) is 0 Å². The van der Waals surface area contributed by atoms with Gasteiger partial charge in [-0.3, -0.25) is 14.8 Å². The second-order valence-corrected chi connectivity index (χ2v) is 6.01. The number of nitrogens with one attached hydrogen (secondary N) is 1. The molecule has 0 fully saturated rings. The molecule has 0 saturated carbocycles. The molecule has 0 bridgehead atoms. The smallest absolute Gasteiger partial charge is 0.270 e. The molecule has 1 N–H and O–H groups in total. The molecule has 0 amide bonds. The van der Waals surface area contributed by atoms with E-state index in [2.05, 4.69) is 19.7 Å². The van der Waals surface area contributed by atoms with Crippen molar-refractivity contribution in [2.45, 2.75) is 4.90 Å². The molecule has 0 aliphatic heterocycles. The van der Waals surface area contributed by atoms with E-state index in [0.717, 1.165) is 6.07 Å². The summed E-state index contributed by atoms with van der Waals surface area (Å²) in [6, 6.07) is 9.24. The molecule has 0 atom stereocenters. The molecule has 112 valence electrons. The third-order valence-corrected chi connectivity index (χ3v) is 4.22. The first kappa shape index (κ1) is 13.9. The van der Waals surface area contributed by atoms with Crippen molar-refractivity contribution in [3.8, 4) is 0 Å². The van der Waals surface area contributed by atoms with Gasteiger partial charge in [0, 0.05) is 12.1 Å². The van der Waals surface area contributed by atoms with Gasteiger partial charge in [-0.1, -0.05) is 6.07 Å². The molecule has 10 heteroatoms. The summed E-state index contributed by atoms with van der Waals surface area (Å²) in [7, 11) is -3.95. The lowest BCUT2D eigenvalue weighted by Crippen LogP contribution is -2.13. The number of non-ortho nitro benzene ring substituents is 1. The van der Waals surface area contributed by atoms with E-state index >= 15 is 0 Å². The summed E-state index contributed by atoms with van der Waals surface area (Å²) in [5.41, 5.74) is 0.811. The highest BCUT2D eigenvalue weighted by Gasteiger charge is 2.18. The number of hydrogen-bond donors (Lipinski definition) is 1. The highest BCUT2D eigenvalue weighted by Crippen LogP contribution is 2.22. The molecule has 22 heavy (non-hydrogen) atoms. The summed E-state index contributed by atoms with van der Waals surface area (Å²) in [5.74, 6) is 0. The molecule has 0 aliphatic carbocycles. The zero-order valence-corrected chi connectivity index (χ0v) is 11.6. The van der Waals surface area contributed by atoms with E-state index in [0.29, 0.717) is 11.0 Å². The minimum absolute atomic E-state index is 0.208. The molecular weight excluding hydrogens is 312 g/mol. The van der Waals surface area contributed by atoms with Crippen molar-refractivity contribution >= 4 is 32.4 Å². The topological polar surface area (TPSA) is 128 Å². The molecule has 3 rings (SSSR count). The molecular formula is C12H8N4O5S. The van der Waals surface area contributed by atoms with E-state index < -0.39 is 14.9 Å². The molecule has 9 nitrogen and oxygen atoms in total. The van der Waals surface area contributed by atoms with Crippen molar-refractivity contribution in [1.29, 1.82) is 0 Å². The van der Waals surface area contributed by atoms with Crippen molar-refractivity contribution in [2.24, 2.45) is 0 Å². The van der Waals surface area contributed by atoms with Gasteiger partial charge in [-0.05, 0) is 34.6 Å². The Labute approximate surface area is 123 Å². The minimum atomic E-state index is -3.95. The average Bonchev–Trinajstić information content (AvgIpc) is 2.94. The van der Waals surface area contributed by atoms with Crippen LogP contribution in [-0.4, -0.2) is 23.7 Å². The lowest BCUT2D eigenvalue weighted by molar-refractivity contribution is -0.385. The Morgan fingerprint density at radius 1 is 1.09 bits per heavy atom. The first-order valence-electron chi connectivity index (χ1n) is 5.95. The van der Waals surface area contributed by atoms with Gasteiger partial charge in [0.2, 0.25) is 0 Å². The first-order chi connectivity index (χ1) is 10.5. The molecule has 0 aliphatic rings. The van der Waals surface area contributed by atoms with E-state index in [4.69, 9.17) is 0 Å². The number of aromatic nitrogens is 2. The lowest BCUT2D eigenvalue weighted by Gasteiger charge is -2.07. The summed E-state index contributed by atoms with van der Waals surface area (Å²) in [5, 5.41) is 17.9. The summed E-state index contributed by atoms with van der Waals surface area (Å²) in [6.45, 7) is 0.